The molecule has 0 unspecified atom stereocenters. The average molecular weight is 412 g/mol. The predicted molar refractivity (Wildman–Crippen MR) is 114 cm³/mol. The smallest absolute Gasteiger partial charge is 0.253 e. The van der Waals surface area contributed by atoms with Crippen molar-refractivity contribution in [2.75, 3.05) is 6.54 Å². The topological polar surface area (TPSA) is 63.4 Å². The maximum atomic E-state index is 13.1. The third-order valence-electron chi connectivity index (χ3n) is 5.91. The summed E-state index contributed by atoms with van der Waals surface area (Å²) in [5.74, 6) is 1.24. The third-order valence-corrected chi connectivity index (χ3v) is 6.24. The van der Waals surface area contributed by atoms with Crippen LogP contribution in [0.4, 0.5) is 0 Å². The molecular formula is C22H26ClN5O. The Bertz CT molecular complexity index is 1060. The average Bonchev–Trinajstić information content (AvgIpc) is 3.15. The van der Waals surface area contributed by atoms with Crippen LogP contribution in [0.2, 0.25) is 5.02 Å². The van der Waals surface area contributed by atoms with Crippen LogP contribution >= 0.6 is 11.6 Å². The molecule has 29 heavy (non-hydrogen) atoms. The number of carbonyl (C=O) groups is 1. The van der Waals surface area contributed by atoms with E-state index < -0.39 is 0 Å². The molecule has 1 saturated heterocycles. The monoisotopic (exact) mass is 411 g/mol. The minimum absolute atomic E-state index is 0.176. The van der Waals surface area contributed by atoms with E-state index in [0.29, 0.717) is 29.1 Å². The van der Waals surface area contributed by atoms with Crippen LogP contribution in [0.1, 0.15) is 49.6 Å². The lowest BCUT2D eigenvalue weighted by Crippen LogP contribution is -2.44. The van der Waals surface area contributed by atoms with Crippen molar-refractivity contribution < 1.29 is 4.79 Å². The third kappa shape index (κ3) is 3.73. The van der Waals surface area contributed by atoms with Crippen LogP contribution < -0.4 is 0 Å². The molecular weight excluding hydrogens is 386 g/mol. The van der Waals surface area contributed by atoms with Gasteiger partial charge in [0.1, 0.15) is 0 Å². The summed E-state index contributed by atoms with van der Waals surface area (Å²) in [7, 11) is 0. The summed E-state index contributed by atoms with van der Waals surface area (Å²) in [6.45, 7) is 6.92. The molecule has 3 heterocycles. The molecule has 4 rings (SSSR count). The van der Waals surface area contributed by atoms with Gasteiger partial charge in [-0.05, 0) is 51.7 Å². The first-order valence-electron chi connectivity index (χ1n) is 10.3. The molecule has 1 aliphatic rings. The van der Waals surface area contributed by atoms with E-state index >= 15 is 0 Å². The number of carbonyl (C=O) groups excluding carboxylic acids is 1. The zero-order valence-electron chi connectivity index (χ0n) is 17.2. The predicted octanol–water partition coefficient (Wildman–Crippen LogP) is 4.40. The minimum Gasteiger partial charge on any atom is -0.339 e. The molecule has 6 nitrogen and oxygen atoms in total. The molecule has 1 aromatic carbocycles. The van der Waals surface area contributed by atoms with E-state index in [2.05, 4.69) is 26.9 Å². The molecule has 0 bridgehead atoms. The van der Waals surface area contributed by atoms with E-state index in [1.54, 1.807) is 4.52 Å². The van der Waals surface area contributed by atoms with Gasteiger partial charge in [0.05, 0.1) is 11.4 Å². The molecule has 0 spiro atoms. The fourth-order valence-electron chi connectivity index (χ4n) is 4.23. The fourth-order valence-corrected chi connectivity index (χ4v) is 4.45. The first-order chi connectivity index (χ1) is 14.0. The standard InChI is InChI=1S/C22H26ClN5O/c1-4-16-9-7-8-12-27(16)20(29)13-18-14(2)24-22-25-21(26-28(22)15(18)3)17-10-5-6-11-19(17)23/h5-6,10-11,16H,4,7-9,12-13H2,1-3H3/t16-/m0/s1. The van der Waals surface area contributed by atoms with E-state index in [-0.39, 0.29) is 5.91 Å². The van der Waals surface area contributed by atoms with E-state index in [9.17, 15) is 4.79 Å². The van der Waals surface area contributed by atoms with E-state index in [4.69, 9.17) is 11.6 Å². The summed E-state index contributed by atoms with van der Waals surface area (Å²) in [5.41, 5.74) is 3.43. The lowest BCUT2D eigenvalue weighted by molar-refractivity contribution is -0.134. The van der Waals surface area contributed by atoms with Gasteiger partial charge in [0.15, 0.2) is 5.82 Å². The number of hydrogen-bond acceptors (Lipinski definition) is 4. The summed E-state index contributed by atoms with van der Waals surface area (Å²) < 4.78 is 1.72. The molecule has 1 atom stereocenters. The van der Waals surface area contributed by atoms with Crippen LogP contribution in [-0.4, -0.2) is 43.0 Å². The van der Waals surface area contributed by atoms with Crippen molar-refractivity contribution >= 4 is 23.3 Å². The van der Waals surface area contributed by atoms with Crippen molar-refractivity contribution in [3.63, 3.8) is 0 Å². The SMILES string of the molecule is CC[C@H]1CCCCN1C(=O)Cc1c(C)nc2nc(-c3ccccc3Cl)nn2c1C. The molecule has 1 amide bonds. The fraction of sp³-hybridized carbons (Fsp3) is 0.455. The number of benzene rings is 1. The van der Waals surface area contributed by atoms with Crippen LogP contribution in [0.15, 0.2) is 24.3 Å². The summed E-state index contributed by atoms with van der Waals surface area (Å²) in [4.78, 5) is 24.3. The summed E-state index contributed by atoms with van der Waals surface area (Å²) in [6, 6.07) is 7.85. The van der Waals surface area contributed by atoms with Crippen molar-refractivity contribution in [2.45, 2.75) is 58.9 Å². The number of rotatable bonds is 4. The van der Waals surface area contributed by atoms with Crippen LogP contribution in [0, 0.1) is 13.8 Å². The maximum Gasteiger partial charge on any atom is 0.253 e. The summed E-state index contributed by atoms with van der Waals surface area (Å²) in [5, 5.41) is 5.23. The second-order valence-electron chi connectivity index (χ2n) is 7.71. The molecule has 1 aliphatic heterocycles. The molecule has 3 aromatic rings. The van der Waals surface area contributed by atoms with Gasteiger partial charge in [0.25, 0.3) is 5.78 Å². The zero-order chi connectivity index (χ0) is 20.5. The van der Waals surface area contributed by atoms with Crippen LogP contribution in [0.5, 0.6) is 0 Å². The van der Waals surface area contributed by atoms with Gasteiger partial charge in [-0.3, -0.25) is 4.79 Å². The molecule has 0 N–H and O–H groups in total. The molecule has 0 radical (unpaired) electrons. The summed E-state index contributed by atoms with van der Waals surface area (Å²) >= 11 is 6.31. The zero-order valence-corrected chi connectivity index (χ0v) is 17.9. The van der Waals surface area contributed by atoms with Crippen molar-refractivity contribution in [1.82, 2.24) is 24.5 Å². The first-order valence-corrected chi connectivity index (χ1v) is 10.6. The Morgan fingerprint density at radius 3 is 2.76 bits per heavy atom. The number of aryl methyl sites for hydroxylation is 2. The van der Waals surface area contributed by atoms with E-state index in [1.165, 1.54) is 6.42 Å². The van der Waals surface area contributed by atoms with Gasteiger partial charge in [-0.1, -0.05) is 30.7 Å². The largest absolute Gasteiger partial charge is 0.339 e. The Hall–Kier alpha value is -2.47. The van der Waals surface area contributed by atoms with Crippen molar-refractivity contribution in [1.29, 1.82) is 0 Å². The second kappa shape index (κ2) is 8.11. The van der Waals surface area contributed by atoms with E-state index in [1.807, 2.05) is 38.1 Å². The number of fused-ring (bicyclic) bond motifs is 1. The van der Waals surface area contributed by atoms with Gasteiger partial charge in [-0.15, -0.1) is 5.10 Å². The highest BCUT2D eigenvalue weighted by Gasteiger charge is 2.27. The number of hydrogen-bond donors (Lipinski definition) is 0. The molecule has 2 aromatic heterocycles. The lowest BCUT2D eigenvalue weighted by atomic mass is 9.98. The van der Waals surface area contributed by atoms with Crippen LogP contribution in [0.25, 0.3) is 17.2 Å². The lowest BCUT2D eigenvalue weighted by Gasteiger charge is -2.35. The van der Waals surface area contributed by atoms with Crippen molar-refractivity contribution in [2.24, 2.45) is 0 Å². The van der Waals surface area contributed by atoms with Crippen LogP contribution in [-0.2, 0) is 11.2 Å². The first kappa shape index (κ1) is 19.8. The Labute approximate surface area is 175 Å². The number of nitrogens with zero attached hydrogens (tertiary/aromatic N) is 5. The molecule has 7 heteroatoms. The highest BCUT2D eigenvalue weighted by Crippen LogP contribution is 2.26. The number of halogens is 1. The quantitative estimate of drug-likeness (QED) is 0.638. The van der Waals surface area contributed by atoms with Gasteiger partial charge in [-0.25, -0.2) is 9.50 Å². The van der Waals surface area contributed by atoms with Gasteiger partial charge in [-0.2, -0.15) is 4.98 Å². The number of likely N-dealkylation sites (tertiary alicyclic amines) is 1. The van der Waals surface area contributed by atoms with Crippen LogP contribution in [0.3, 0.4) is 0 Å². The number of aromatic nitrogens is 4. The van der Waals surface area contributed by atoms with E-state index in [0.717, 1.165) is 48.3 Å². The molecule has 0 aliphatic carbocycles. The molecule has 1 fully saturated rings. The number of piperidine rings is 1. The normalized spacial score (nSPS) is 17.1. The van der Waals surface area contributed by atoms with Gasteiger partial charge in [0.2, 0.25) is 5.91 Å². The van der Waals surface area contributed by atoms with Gasteiger partial charge >= 0.3 is 0 Å². The minimum atomic E-state index is 0.176. The Morgan fingerprint density at radius 1 is 1.21 bits per heavy atom. The molecule has 152 valence electrons. The summed E-state index contributed by atoms with van der Waals surface area (Å²) in [6.07, 6.45) is 4.74. The molecule has 0 saturated carbocycles. The Morgan fingerprint density at radius 2 is 2.00 bits per heavy atom. The highest BCUT2D eigenvalue weighted by atomic mass is 35.5. The van der Waals surface area contributed by atoms with Crippen molar-refractivity contribution in [3.8, 4) is 11.4 Å². The van der Waals surface area contributed by atoms with Gasteiger partial charge in [0, 0.05) is 35.1 Å². The van der Waals surface area contributed by atoms with Crippen molar-refractivity contribution in [3.05, 3.63) is 46.2 Å². The Balaban J connectivity index is 1.68. The maximum absolute atomic E-state index is 13.1. The second-order valence-corrected chi connectivity index (χ2v) is 8.12. The highest BCUT2D eigenvalue weighted by molar-refractivity contribution is 6.33. The number of amides is 1. The van der Waals surface area contributed by atoms with Gasteiger partial charge < -0.3 is 4.90 Å². The Kier molecular flexibility index (Phi) is 5.54.